The van der Waals surface area contributed by atoms with E-state index in [1.54, 1.807) is 0 Å². The number of amides is 1. The number of rotatable bonds is 4. The number of carbonyl (C=O) groups excluding carboxylic acids is 1. The lowest BCUT2D eigenvalue weighted by molar-refractivity contribution is -0.134. The molecule has 0 spiro atoms. The number of hydrogen-bond acceptors (Lipinski definition) is 4. The number of carbonyl (C=O) groups is 1. The van der Waals surface area contributed by atoms with E-state index in [1.807, 2.05) is 45.6 Å². The molecule has 124 valence electrons. The molecule has 0 aromatic carbocycles. The van der Waals surface area contributed by atoms with E-state index in [9.17, 15) is 9.90 Å². The molecule has 1 fully saturated rings. The van der Waals surface area contributed by atoms with Crippen molar-refractivity contribution in [3.63, 3.8) is 0 Å². The van der Waals surface area contributed by atoms with E-state index in [0.29, 0.717) is 6.54 Å². The predicted octanol–water partition coefficient (Wildman–Crippen LogP) is 1.92. The van der Waals surface area contributed by atoms with Crippen LogP contribution in [0, 0.1) is 13.8 Å². The Morgan fingerprint density at radius 1 is 1.32 bits per heavy atom. The molecule has 0 saturated carbocycles. The molecule has 22 heavy (non-hydrogen) atoms. The van der Waals surface area contributed by atoms with Crippen molar-refractivity contribution in [1.29, 1.82) is 0 Å². The maximum absolute atomic E-state index is 12.7. The zero-order chi connectivity index (χ0) is 16.5. The van der Waals surface area contributed by atoms with Crippen molar-refractivity contribution in [2.24, 2.45) is 0 Å². The number of aryl methyl sites for hydroxylation is 2. The predicted molar refractivity (Wildman–Crippen MR) is 85.9 cm³/mol. The summed E-state index contributed by atoms with van der Waals surface area (Å²) in [5.74, 6) is 1.67. The van der Waals surface area contributed by atoms with Gasteiger partial charge in [0, 0.05) is 38.3 Å². The van der Waals surface area contributed by atoms with Gasteiger partial charge in [0.25, 0.3) is 0 Å². The van der Waals surface area contributed by atoms with Crippen LogP contribution in [0.1, 0.15) is 43.8 Å². The molecule has 1 aromatic heterocycles. The lowest BCUT2D eigenvalue weighted by Crippen LogP contribution is -2.52. The van der Waals surface area contributed by atoms with Crippen molar-refractivity contribution in [2.75, 3.05) is 32.7 Å². The second-order valence-electron chi connectivity index (χ2n) is 7.00. The minimum absolute atomic E-state index is 0.159. The largest absolute Gasteiger partial charge is 0.466 e. The molecule has 2 rings (SSSR count). The van der Waals surface area contributed by atoms with Crippen LogP contribution in [0.5, 0.6) is 0 Å². The van der Waals surface area contributed by atoms with Crippen LogP contribution < -0.4 is 0 Å². The lowest BCUT2D eigenvalue weighted by atomic mass is 9.99. The molecule has 5 heteroatoms. The Morgan fingerprint density at radius 3 is 2.36 bits per heavy atom. The van der Waals surface area contributed by atoms with E-state index in [4.69, 9.17) is 4.42 Å². The molecule has 1 saturated heterocycles. The molecule has 0 bridgehead atoms. The second-order valence-corrected chi connectivity index (χ2v) is 7.00. The molecule has 0 radical (unpaired) electrons. The molecule has 2 heterocycles. The lowest BCUT2D eigenvalue weighted by Gasteiger charge is -2.38. The molecule has 1 N–H and O–H groups in total. The van der Waals surface area contributed by atoms with Gasteiger partial charge in [-0.15, -0.1) is 0 Å². The Bertz CT molecular complexity index is 522. The summed E-state index contributed by atoms with van der Waals surface area (Å²) >= 11 is 0. The van der Waals surface area contributed by atoms with Crippen molar-refractivity contribution in [3.05, 3.63) is 23.2 Å². The number of furan rings is 1. The van der Waals surface area contributed by atoms with Gasteiger partial charge in [-0.2, -0.15) is 0 Å². The van der Waals surface area contributed by atoms with Gasteiger partial charge < -0.3 is 14.4 Å². The third kappa shape index (κ3) is 4.11. The highest BCUT2D eigenvalue weighted by molar-refractivity contribution is 5.83. The fourth-order valence-corrected chi connectivity index (χ4v) is 3.16. The molecule has 1 atom stereocenters. The highest BCUT2D eigenvalue weighted by Gasteiger charge is 2.29. The van der Waals surface area contributed by atoms with Crippen molar-refractivity contribution in [3.8, 4) is 0 Å². The smallest absolute Gasteiger partial charge is 0.230 e. The topological polar surface area (TPSA) is 56.9 Å². The molecule has 1 unspecified atom stereocenters. The highest BCUT2D eigenvalue weighted by Crippen LogP contribution is 2.25. The van der Waals surface area contributed by atoms with E-state index in [1.165, 1.54) is 0 Å². The van der Waals surface area contributed by atoms with Gasteiger partial charge in [-0.05, 0) is 40.7 Å². The molecule has 0 aliphatic carbocycles. The first kappa shape index (κ1) is 17.0. The summed E-state index contributed by atoms with van der Waals surface area (Å²) in [6.45, 7) is 13.1. The van der Waals surface area contributed by atoms with Gasteiger partial charge in [-0.25, -0.2) is 0 Å². The fraction of sp³-hybridized carbons (Fsp3) is 0.706. The van der Waals surface area contributed by atoms with Crippen LogP contribution in [0.2, 0.25) is 0 Å². The molecular weight excluding hydrogens is 280 g/mol. The van der Waals surface area contributed by atoms with Gasteiger partial charge in [0.05, 0.1) is 11.5 Å². The summed E-state index contributed by atoms with van der Waals surface area (Å²) in [6, 6.07) is 1.96. The standard InChI is InChI=1S/C17H28N2O3/c1-12-10-15(14(3)22-12)13(2)16(20)19-8-6-18(7-9-19)11-17(4,5)21/h10,13,21H,6-9,11H2,1-5H3. The average molecular weight is 308 g/mol. The Morgan fingerprint density at radius 2 is 1.91 bits per heavy atom. The first-order chi connectivity index (χ1) is 10.2. The van der Waals surface area contributed by atoms with Gasteiger partial charge in [0.2, 0.25) is 5.91 Å². The highest BCUT2D eigenvalue weighted by atomic mass is 16.3. The number of β-amino-alcohol motifs (C(OH)–C–C–N with tert-alkyl or cyclic N) is 1. The van der Waals surface area contributed by atoms with Crippen LogP contribution in [0.15, 0.2) is 10.5 Å². The third-order valence-electron chi connectivity index (χ3n) is 4.21. The van der Waals surface area contributed by atoms with Crippen molar-refractivity contribution < 1.29 is 14.3 Å². The van der Waals surface area contributed by atoms with E-state index < -0.39 is 5.60 Å². The molecule has 1 aliphatic rings. The maximum atomic E-state index is 12.7. The van der Waals surface area contributed by atoms with E-state index in [2.05, 4.69) is 4.90 Å². The van der Waals surface area contributed by atoms with Crippen LogP contribution in [-0.4, -0.2) is 59.1 Å². The van der Waals surface area contributed by atoms with Crippen molar-refractivity contribution in [2.45, 2.75) is 46.1 Å². The number of aliphatic hydroxyl groups is 1. The summed E-state index contributed by atoms with van der Waals surface area (Å²) in [7, 11) is 0. The maximum Gasteiger partial charge on any atom is 0.230 e. The second kappa shape index (κ2) is 6.42. The summed E-state index contributed by atoms with van der Waals surface area (Å²) < 4.78 is 5.54. The van der Waals surface area contributed by atoms with Gasteiger partial charge in [-0.1, -0.05) is 0 Å². The summed E-state index contributed by atoms with van der Waals surface area (Å²) in [5, 5.41) is 9.88. The molecule has 1 aliphatic heterocycles. The van der Waals surface area contributed by atoms with Crippen LogP contribution in [0.4, 0.5) is 0 Å². The zero-order valence-electron chi connectivity index (χ0n) is 14.3. The summed E-state index contributed by atoms with van der Waals surface area (Å²) in [5.41, 5.74) is 0.298. The van der Waals surface area contributed by atoms with Crippen LogP contribution in [0.3, 0.4) is 0 Å². The normalized spacial score (nSPS) is 18.5. The number of hydrogen-bond donors (Lipinski definition) is 1. The molecule has 1 aromatic rings. The first-order valence-electron chi connectivity index (χ1n) is 7.98. The monoisotopic (exact) mass is 308 g/mol. The molecule has 1 amide bonds. The summed E-state index contributed by atoms with van der Waals surface area (Å²) in [6.07, 6.45) is 0. The quantitative estimate of drug-likeness (QED) is 0.923. The van der Waals surface area contributed by atoms with Gasteiger partial charge in [0.15, 0.2) is 0 Å². The SMILES string of the molecule is Cc1cc(C(C)C(=O)N2CCN(CC(C)(C)O)CC2)c(C)o1. The van der Waals surface area contributed by atoms with Crippen LogP contribution in [0.25, 0.3) is 0 Å². The van der Waals surface area contributed by atoms with Gasteiger partial charge in [-0.3, -0.25) is 9.69 Å². The van der Waals surface area contributed by atoms with E-state index in [-0.39, 0.29) is 11.8 Å². The minimum Gasteiger partial charge on any atom is -0.466 e. The average Bonchev–Trinajstić information content (AvgIpc) is 2.75. The Labute approximate surface area is 132 Å². The fourth-order valence-electron chi connectivity index (χ4n) is 3.16. The number of piperazine rings is 1. The van der Waals surface area contributed by atoms with E-state index >= 15 is 0 Å². The van der Waals surface area contributed by atoms with Gasteiger partial charge in [0.1, 0.15) is 11.5 Å². The van der Waals surface area contributed by atoms with Crippen molar-refractivity contribution >= 4 is 5.91 Å². The Balaban J connectivity index is 1.93. The van der Waals surface area contributed by atoms with E-state index in [0.717, 1.165) is 43.3 Å². The minimum atomic E-state index is -0.690. The Kier molecular flexibility index (Phi) is 4.97. The van der Waals surface area contributed by atoms with Crippen LogP contribution in [-0.2, 0) is 4.79 Å². The van der Waals surface area contributed by atoms with Gasteiger partial charge >= 0.3 is 0 Å². The van der Waals surface area contributed by atoms with Crippen molar-refractivity contribution in [1.82, 2.24) is 9.80 Å². The third-order valence-corrected chi connectivity index (χ3v) is 4.21. The summed E-state index contributed by atoms with van der Waals surface area (Å²) in [4.78, 5) is 16.8. The molecule has 5 nitrogen and oxygen atoms in total. The number of nitrogens with zero attached hydrogens (tertiary/aromatic N) is 2. The first-order valence-corrected chi connectivity index (χ1v) is 7.98. The Hall–Kier alpha value is -1.33. The molecular formula is C17H28N2O3. The van der Waals surface area contributed by atoms with Crippen LogP contribution >= 0.6 is 0 Å². The zero-order valence-corrected chi connectivity index (χ0v) is 14.3.